The lowest BCUT2D eigenvalue weighted by Crippen LogP contribution is -2.45. The number of aromatic nitrogens is 2. The van der Waals surface area contributed by atoms with Crippen LogP contribution in [-0.2, 0) is 16.6 Å². The van der Waals surface area contributed by atoms with E-state index >= 15 is 0 Å². The smallest absolute Gasteiger partial charge is 0.262 e. The standard InChI is InChI=1S/C12H21N3O3S/c1-3-14-9-12(13-10(14)2)19(17,18)15(7-8-16)11-5-4-6-11/h9,11,16H,3-8H2,1-2H3. The average molecular weight is 287 g/mol. The first-order valence-corrected chi connectivity index (χ1v) is 8.11. The van der Waals surface area contributed by atoms with Crippen molar-refractivity contribution in [2.45, 2.75) is 50.7 Å². The monoisotopic (exact) mass is 287 g/mol. The van der Waals surface area contributed by atoms with Crippen LogP contribution in [0, 0.1) is 6.92 Å². The van der Waals surface area contributed by atoms with Crippen molar-refractivity contribution in [2.24, 2.45) is 0 Å². The summed E-state index contributed by atoms with van der Waals surface area (Å²) in [6.45, 7) is 4.41. The Balaban J connectivity index is 2.32. The van der Waals surface area contributed by atoms with Gasteiger partial charge < -0.3 is 9.67 Å². The Bertz CT molecular complexity index is 534. The highest BCUT2D eigenvalue weighted by atomic mass is 32.2. The first-order valence-electron chi connectivity index (χ1n) is 6.67. The Morgan fingerprint density at radius 2 is 2.21 bits per heavy atom. The summed E-state index contributed by atoms with van der Waals surface area (Å²) in [5.41, 5.74) is 0. The number of aliphatic hydroxyl groups is 1. The fraction of sp³-hybridized carbons (Fsp3) is 0.750. The number of imidazole rings is 1. The molecule has 1 aliphatic carbocycles. The van der Waals surface area contributed by atoms with Gasteiger partial charge in [-0.3, -0.25) is 0 Å². The molecule has 1 N–H and O–H groups in total. The third-order valence-electron chi connectivity index (χ3n) is 3.67. The van der Waals surface area contributed by atoms with Gasteiger partial charge in [-0.05, 0) is 26.7 Å². The van der Waals surface area contributed by atoms with E-state index < -0.39 is 10.0 Å². The molecule has 0 aliphatic heterocycles. The molecule has 0 aromatic carbocycles. The zero-order valence-electron chi connectivity index (χ0n) is 11.4. The summed E-state index contributed by atoms with van der Waals surface area (Å²) in [6.07, 6.45) is 4.36. The number of hydrogen-bond donors (Lipinski definition) is 1. The largest absolute Gasteiger partial charge is 0.395 e. The molecule has 0 radical (unpaired) electrons. The second kappa shape index (κ2) is 5.60. The molecule has 7 heteroatoms. The van der Waals surface area contributed by atoms with E-state index in [2.05, 4.69) is 4.98 Å². The maximum Gasteiger partial charge on any atom is 0.262 e. The van der Waals surface area contributed by atoms with Crippen molar-refractivity contribution < 1.29 is 13.5 Å². The SMILES string of the molecule is CCn1cc(S(=O)(=O)N(CCO)C2CCC2)nc1C. The fourth-order valence-corrected chi connectivity index (χ4v) is 3.99. The summed E-state index contributed by atoms with van der Waals surface area (Å²) >= 11 is 0. The van der Waals surface area contributed by atoms with Gasteiger partial charge in [0.15, 0.2) is 5.03 Å². The highest BCUT2D eigenvalue weighted by molar-refractivity contribution is 7.89. The van der Waals surface area contributed by atoms with Crippen LogP contribution in [0.15, 0.2) is 11.2 Å². The van der Waals surface area contributed by atoms with Gasteiger partial charge in [-0.2, -0.15) is 4.31 Å². The maximum atomic E-state index is 12.6. The molecular formula is C12H21N3O3S. The fourth-order valence-electron chi connectivity index (χ4n) is 2.32. The van der Waals surface area contributed by atoms with Crippen molar-refractivity contribution in [3.63, 3.8) is 0 Å². The van der Waals surface area contributed by atoms with Crippen molar-refractivity contribution in [3.8, 4) is 0 Å². The van der Waals surface area contributed by atoms with Gasteiger partial charge in [0.05, 0.1) is 6.61 Å². The molecule has 2 rings (SSSR count). The van der Waals surface area contributed by atoms with Crippen LogP contribution in [0.3, 0.4) is 0 Å². The van der Waals surface area contributed by atoms with Gasteiger partial charge in [0, 0.05) is 25.3 Å². The first kappa shape index (κ1) is 14.5. The minimum absolute atomic E-state index is 0.0178. The molecule has 1 saturated carbocycles. The van der Waals surface area contributed by atoms with Crippen LogP contribution in [0.1, 0.15) is 32.0 Å². The summed E-state index contributed by atoms with van der Waals surface area (Å²) in [6, 6.07) is 0.0178. The quantitative estimate of drug-likeness (QED) is 0.837. The molecule has 0 unspecified atom stereocenters. The number of hydrogen-bond acceptors (Lipinski definition) is 4. The molecule has 0 amide bonds. The van der Waals surface area contributed by atoms with Gasteiger partial charge in [-0.25, -0.2) is 13.4 Å². The van der Waals surface area contributed by atoms with Crippen LogP contribution in [-0.4, -0.2) is 46.6 Å². The van der Waals surface area contributed by atoms with E-state index in [0.717, 1.165) is 19.3 Å². The Morgan fingerprint density at radius 3 is 2.63 bits per heavy atom. The van der Waals surface area contributed by atoms with Crippen molar-refractivity contribution >= 4 is 10.0 Å². The van der Waals surface area contributed by atoms with E-state index in [0.29, 0.717) is 12.4 Å². The highest BCUT2D eigenvalue weighted by Crippen LogP contribution is 2.29. The van der Waals surface area contributed by atoms with E-state index in [1.807, 2.05) is 11.5 Å². The molecular weight excluding hydrogens is 266 g/mol. The van der Waals surface area contributed by atoms with Crippen molar-refractivity contribution in [1.82, 2.24) is 13.9 Å². The summed E-state index contributed by atoms with van der Waals surface area (Å²) in [5, 5.41) is 9.18. The lowest BCUT2D eigenvalue weighted by Gasteiger charge is -2.35. The van der Waals surface area contributed by atoms with Crippen LogP contribution in [0.2, 0.25) is 0 Å². The number of sulfonamides is 1. The van der Waals surface area contributed by atoms with Gasteiger partial charge in [0.25, 0.3) is 10.0 Å². The predicted octanol–water partition coefficient (Wildman–Crippen LogP) is 0.747. The zero-order chi connectivity index (χ0) is 14.0. The third-order valence-corrected chi connectivity index (χ3v) is 5.49. The topological polar surface area (TPSA) is 75.4 Å². The molecule has 0 atom stereocenters. The van der Waals surface area contributed by atoms with Crippen LogP contribution in [0.5, 0.6) is 0 Å². The second-order valence-electron chi connectivity index (χ2n) is 4.84. The molecule has 1 aromatic rings. The Morgan fingerprint density at radius 1 is 1.53 bits per heavy atom. The highest BCUT2D eigenvalue weighted by Gasteiger charge is 2.35. The lowest BCUT2D eigenvalue weighted by atomic mass is 9.93. The average Bonchev–Trinajstić information content (AvgIpc) is 2.68. The lowest BCUT2D eigenvalue weighted by molar-refractivity contribution is 0.178. The van der Waals surface area contributed by atoms with Crippen LogP contribution in [0.4, 0.5) is 0 Å². The molecule has 1 heterocycles. The normalized spacial score (nSPS) is 16.8. The maximum absolute atomic E-state index is 12.6. The minimum Gasteiger partial charge on any atom is -0.395 e. The van der Waals surface area contributed by atoms with Crippen molar-refractivity contribution in [1.29, 1.82) is 0 Å². The van der Waals surface area contributed by atoms with Crippen LogP contribution in [0.25, 0.3) is 0 Å². The summed E-state index contributed by atoms with van der Waals surface area (Å²) < 4.78 is 28.4. The molecule has 0 spiro atoms. The van der Waals surface area contributed by atoms with E-state index in [1.54, 1.807) is 13.1 Å². The third kappa shape index (κ3) is 2.68. The summed E-state index contributed by atoms with van der Waals surface area (Å²) in [7, 11) is -3.59. The molecule has 1 fully saturated rings. The van der Waals surface area contributed by atoms with E-state index in [-0.39, 0.29) is 24.2 Å². The molecule has 108 valence electrons. The van der Waals surface area contributed by atoms with Crippen LogP contribution < -0.4 is 0 Å². The Hall–Kier alpha value is -0.920. The van der Waals surface area contributed by atoms with Crippen molar-refractivity contribution in [2.75, 3.05) is 13.2 Å². The zero-order valence-corrected chi connectivity index (χ0v) is 12.2. The number of aryl methyl sites for hydroxylation is 2. The van der Waals surface area contributed by atoms with Gasteiger partial charge in [-0.1, -0.05) is 6.42 Å². The van der Waals surface area contributed by atoms with E-state index in [9.17, 15) is 8.42 Å². The van der Waals surface area contributed by atoms with Gasteiger partial charge in [-0.15, -0.1) is 0 Å². The number of rotatable bonds is 6. The minimum atomic E-state index is -3.59. The van der Waals surface area contributed by atoms with E-state index in [4.69, 9.17) is 5.11 Å². The molecule has 1 aromatic heterocycles. The van der Waals surface area contributed by atoms with Gasteiger partial charge in [0.1, 0.15) is 5.82 Å². The number of nitrogens with zero attached hydrogens (tertiary/aromatic N) is 3. The van der Waals surface area contributed by atoms with Gasteiger partial charge >= 0.3 is 0 Å². The number of aliphatic hydroxyl groups excluding tert-OH is 1. The summed E-state index contributed by atoms with van der Waals surface area (Å²) in [4.78, 5) is 4.15. The van der Waals surface area contributed by atoms with Crippen LogP contribution >= 0.6 is 0 Å². The second-order valence-corrected chi connectivity index (χ2v) is 6.67. The molecule has 0 bridgehead atoms. The molecule has 0 saturated heterocycles. The van der Waals surface area contributed by atoms with Gasteiger partial charge in [0.2, 0.25) is 0 Å². The van der Waals surface area contributed by atoms with Crippen molar-refractivity contribution in [3.05, 3.63) is 12.0 Å². The van der Waals surface area contributed by atoms with E-state index in [1.165, 1.54) is 4.31 Å². The molecule has 19 heavy (non-hydrogen) atoms. The molecule has 1 aliphatic rings. The Kier molecular flexibility index (Phi) is 4.27. The summed E-state index contributed by atoms with van der Waals surface area (Å²) in [5.74, 6) is 0.693. The predicted molar refractivity (Wildman–Crippen MR) is 71.3 cm³/mol. The first-order chi connectivity index (χ1) is 9.00. The molecule has 6 nitrogen and oxygen atoms in total. The Labute approximate surface area is 114 Å².